The van der Waals surface area contributed by atoms with Gasteiger partial charge in [0.1, 0.15) is 22.9 Å². The van der Waals surface area contributed by atoms with E-state index in [1.54, 1.807) is 16.5 Å². The molecule has 3 unspecified atom stereocenters. The van der Waals surface area contributed by atoms with Crippen molar-refractivity contribution < 1.29 is 37.1 Å². The van der Waals surface area contributed by atoms with E-state index in [0.717, 1.165) is 50.8 Å². The largest absolute Gasteiger partial charge is 0.573 e. The number of imidazole rings is 1. The predicted molar refractivity (Wildman–Crippen MR) is 144 cm³/mol. The highest BCUT2D eigenvalue weighted by molar-refractivity contribution is 5.86. The van der Waals surface area contributed by atoms with E-state index in [2.05, 4.69) is 19.8 Å². The van der Waals surface area contributed by atoms with E-state index >= 15 is 0 Å². The number of aromatic nitrogens is 3. The van der Waals surface area contributed by atoms with Crippen molar-refractivity contribution >= 4 is 17.3 Å². The number of para-hydroxylation sites is 1. The molecule has 0 radical (unpaired) electrons. The topological polar surface area (TPSA) is 102 Å². The monoisotopic (exact) mass is 582 g/mol. The van der Waals surface area contributed by atoms with Gasteiger partial charge in [0.2, 0.25) is 0 Å². The van der Waals surface area contributed by atoms with Gasteiger partial charge < -0.3 is 28.4 Å². The van der Waals surface area contributed by atoms with Gasteiger partial charge in [-0.1, -0.05) is 17.3 Å². The molecule has 3 atom stereocenters. The lowest BCUT2D eigenvalue weighted by atomic mass is 9.76. The Hall–Kier alpha value is -4.06. The summed E-state index contributed by atoms with van der Waals surface area (Å²) in [5.74, 6) is -0.0768. The molecule has 0 spiro atoms. The van der Waals surface area contributed by atoms with Crippen molar-refractivity contribution in [3.63, 3.8) is 0 Å². The summed E-state index contributed by atoms with van der Waals surface area (Å²) in [7, 11) is 0. The Morgan fingerprint density at radius 3 is 2.69 bits per heavy atom. The van der Waals surface area contributed by atoms with E-state index in [1.165, 1.54) is 18.3 Å². The molecule has 1 aliphatic heterocycles. The number of hydrogen-bond acceptors (Lipinski definition) is 7. The molecule has 1 aromatic carbocycles. The number of pyridine rings is 1. The van der Waals surface area contributed by atoms with Crippen LogP contribution in [0, 0.1) is 5.92 Å². The summed E-state index contributed by atoms with van der Waals surface area (Å²) in [5.41, 5.74) is 2.81. The number of rotatable bonds is 8. The molecule has 7 rings (SSSR count). The second-order valence-electron chi connectivity index (χ2n) is 11.3. The van der Waals surface area contributed by atoms with Crippen molar-refractivity contribution in [2.75, 3.05) is 11.4 Å². The van der Waals surface area contributed by atoms with Crippen LogP contribution in [0.15, 0.2) is 53.3 Å². The first-order chi connectivity index (χ1) is 20.2. The number of anilines is 1. The number of hydrogen-bond donors (Lipinski definition) is 1. The van der Waals surface area contributed by atoms with Gasteiger partial charge in [-0.2, -0.15) is 0 Å². The quantitative estimate of drug-likeness (QED) is 0.254. The minimum Gasteiger partial charge on any atom is -0.476 e. The molecule has 42 heavy (non-hydrogen) atoms. The molecule has 1 saturated heterocycles. The van der Waals surface area contributed by atoms with E-state index in [1.807, 2.05) is 18.3 Å². The standard InChI is InChI=1S/C30H29F3N4O5/c31-30(32,33)41-25-4-2-1-3-21(25)27-22(28(42-35-27)17-5-6-17)16-40-20-10-12-37(24-8-7-18(24)13-20)19-9-11-36-15-23(29(38)39)34-26(36)14-19/h1-4,9,11,14-15,17-18,20,24H,5-8,10,12-13,16H2,(H,38,39). The second kappa shape index (κ2) is 10.3. The number of carboxylic acid groups (broad SMARTS) is 1. The third-order valence-corrected chi connectivity index (χ3v) is 8.63. The first-order valence-corrected chi connectivity index (χ1v) is 14.2. The zero-order valence-corrected chi connectivity index (χ0v) is 22.6. The summed E-state index contributed by atoms with van der Waals surface area (Å²) in [6.07, 6.45) is 4.14. The molecule has 3 fully saturated rings. The van der Waals surface area contributed by atoms with Gasteiger partial charge in [0, 0.05) is 53.8 Å². The van der Waals surface area contributed by atoms with Crippen LogP contribution in [0.25, 0.3) is 16.9 Å². The van der Waals surface area contributed by atoms with Crippen molar-refractivity contribution in [3.05, 3.63) is 65.8 Å². The molecule has 12 heteroatoms. The number of benzene rings is 1. The van der Waals surface area contributed by atoms with Crippen LogP contribution in [0.4, 0.5) is 18.9 Å². The normalized spacial score (nSPS) is 22.5. The molecule has 0 bridgehead atoms. The highest BCUT2D eigenvalue weighted by Gasteiger charge is 2.41. The highest BCUT2D eigenvalue weighted by atomic mass is 19.4. The van der Waals surface area contributed by atoms with Gasteiger partial charge in [0.15, 0.2) is 5.69 Å². The van der Waals surface area contributed by atoms with Crippen molar-refractivity contribution in [1.82, 2.24) is 14.5 Å². The number of aromatic carboxylic acids is 1. The summed E-state index contributed by atoms with van der Waals surface area (Å²) in [4.78, 5) is 18.0. The summed E-state index contributed by atoms with van der Waals surface area (Å²) < 4.78 is 57.6. The summed E-state index contributed by atoms with van der Waals surface area (Å²) >= 11 is 0. The lowest BCUT2D eigenvalue weighted by Gasteiger charge is -2.44. The lowest BCUT2D eigenvalue weighted by Crippen LogP contribution is -2.46. The molecule has 3 aliphatic rings. The molecule has 2 saturated carbocycles. The number of ether oxygens (including phenoxy) is 2. The maximum absolute atomic E-state index is 13.1. The van der Waals surface area contributed by atoms with Gasteiger partial charge in [-0.15, -0.1) is 13.2 Å². The minimum atomic E-state index is -4.83. The zero-order chi connectivity index (χ0) is 29.0. The van der Waals surface area contributed by atoms with Crippen LogP contribution >= 0.6 is 0 Å². The van der Waals surface area contributed by atoms with Gasteiger partial charge in [0.05, 0.1) is 12.7 Å². The van der Waals surface area contributed by atoms with Gasteiger partial charge in [-0.25, -0.2) is 9.78 Å². The van der Waals surface area contributed by atoms with Crippen molar-refractivity contribution in [1.29, 1.82) is 0 Å². The van der Waals surface area contributed by atoms with E-state index < -0.39 is 12.3 Å². The molecular formula is C30H29F3N4O5. The van der Waals surface area contributed by atoms with Crippen LogP contribution in [0.3, 0.4) is 0 Å². The Morgan fingerprint density at radius 1 is 1.12 bits per heavy atom. The van der Waals surface area contributed by atoms with Crippen molar-refractivity contribution in [2.24, 2.45) is 5.92 Å². The Labute approximate surface area is 238 Å². The number of halogens is 3. The molecule has 0 amide bonds. The second-order valence-corrected chi connectivity index (χ2v) is 11.3. The van der Waals surface area contributed by atoms with Crippen LogP contribution < -0.4 is 9.64 Å². The number of alkyl halides is 3. The Kier molecular flexibility index (Phi) is 6.60. The fourth-order valence-electron chi connectivity index (χ4n) is 6.28. The summed E-state index contributed by atoms with van der Waals surface area (Å²) in [6.45, 7) is 0.938. The third-order valence-electron chi connectivity index (χ3n) is 8.63. The third kappa shape index (κ3) is 5.19. The van der Waals surface area contributed by atoms with Gasteiger partial charge in [0.25, 0.3) is 0 Å². The van der Waals surface area contributed by atoms with E-state index in [4.69, 9.17) is 9.26 Å². The molecule has 2 aliphatic carbocycles. The van der Waals surface area contributed by atoms with Crippen LogP contribution in [0.2, 0.25) is 0 Å². The first-order valence-electron chi connectivity index (χ1n) is 14.2. The maximum Gasteiger partial charge on any atom is 0.573 e. The van der Waals surface area contributed by atoms with Gasteiger partial charge in [-0.3, -0.25) is 0 Å². The lowest BCUT2D eigenvalue weighted by molar-refractivity contribution is -0.274. The minimum absolute atomic E-state index is 0.00395. The number of fused-ring (bicyclic) bond motifs is 2. The molecule has 9 nitrogen and oxygen atoms in total. The molecule has 1 N–H and O–H groups in total. The molecule has 4 aromatic rings. The maximum atomic E-state index is 13.1. The van der Waals surface area contributed by atoms with Crippen LogP contribution in [0.1, 0.15) is 66.3 Å². The number of nitrogens with zero attached hydrogens (tertiary/aromatic N) is 4. The van der Waals surface area contributed by atoms with Crippen LogP contribution in [-0.2, 0) is 11.3 Å². The van der Waals surface area contributed by atoms with Gasteiger partial charge in [-0.05, 0) is 62.6 Å². The predicted octanol–water partition coefficient (Wildman–Crippen LogP) is 6.43. The fourth-order valence-corrected chi connectivity index (χ4v) is 6.28. The smallest absolute Gasteiger partial charge is 0.476 e. The SMILES string of the molecule is O=C(O)c1cn2ccc(N3CCC(OCc4c(-c5ccccc5OC(F)(F)F)noc4C4CC4)CC4CCC43)cc2n1. The highest BCUT2D eigenvalue weighted by Crippen LogP contribution is 2.46. The average molecular weight is 583 g/mol. The fraction of sp³-hybridized carbons (Fsp3) is 0.433. The molecule has 4 heterocycles. The Bertz CT molecular complexity index is 1630. The van der Waals surface area contributed by atoms with Crippen molar-refractivity contribution in [3.8, 4) is 17.0 Å². The van der Waals surface area contributed by atoms with E-state index in [-0.39, 0.29) is 35.6 Å². The summed E-state index contributed by atoms with van der Waals surface area (Å²) in [6, 6.07) is 10.2. The van der Waals surface area contributed by atoms with Crippen LogP contribution in [-0.4, -0.2) is 50.7 Å². The summed E-state index contributed by atoms with van der Waals surface area (Å²) in [5, 5.41) is 13.5. The number of carbonyl (C=O) groups is 1. The first kappa shape index (κ1) is 26.8. The van der Waals surface area contributed by atoms with Gasteiger partial charge >= 0.3 is 12.3 Å². The Morgan fingerprint density at radius 2 is 1.95 bits per heavy atom. The van der Waals surface area contributed by atoms with Crippen molar-refractivity contribution in [2.45, 2.75) is 69.6 Å². The average Bonchev–Trinajstić information content (AvgIpc) is 3.57. The Balaban J connectivity index is 1.10. The molecular weight excluding hydrogens is 553 g/mol. The van der Waals surface area contributed by atoms with E-state index in [0.29, 0.717) is 34.6 Å². The number of carboxylic acids is 1. The molecule has 3 aromatic heterocycles. The van der Waals surface area contributed by atoms with E-state index in [9.17, 15) is 23.1 Å². The van der Waals surface area contributed by atoms with Crippen LogP contribution in [0.5, 0.6) is 5.75 Å². The zero-order valence-electron chi connectivity index (χ0n) is 22.6. The molecule has 220 valence electrons.